The van der Waals surface area contributed by atoms with Crippen LogP contribution < -0.4 is 16.8 Å². The summed E-state index contributed by atoms with van der Waals surface area (Å²) in [5, 5.41) is 3.13. The van der Waals surface area contributed by atoms with Gasteiger partial charge in [0.25, 0.3) is 0 Å². The Morgan fingerprint density at radius 2 is 2.19 bits per heavy atom. The minimum Gasteiger partial charge on any atom is -0.384 e. The third-order valence-electron chi connectivity index (χ3n) is 2.88. The van der Waals surface area contributed by atoms with Gasteiger partial charge in [0.2, 0.25) is 5.91 Å². The number of amides is 3. The van der Waals surface area contributed by atoms with E-state index in [9.17, 15) is 9.59 Å². The van der Waals surface area contributed by atoms with Gasteiger partial charge in [-0.25, -0.2) is 4.79 Å². The number of carbonyl (C=O) groups excluding carboxylic acids is 2. The predicted octanol–water partition coefficient (Wildman–Crippen LogP) is -0.757. The molecule has 1 atom stereocenters. The Labute approximate surface area is 92.9 Å². The van der Waals surface area contributed by atoms with Crippen LogP contribution in [0.3, 0.4) is 0 Å². The minimum absolute atomic E-state index is 0.208. The maximum absolute atomic E-state index is 11.1. The van der Waals surface area contributed by atoms with Crippen LogP contribution in [-0.2, 0) is 4.79 Å². The number of hydrogen-bond acceptors (Lipinski definition) is 3. The lowest BCUT2D eigenvalue weighted by atomic mass is 9.92. The van der Waals surface area contributed by atoms with Crippen molar-refractivity contribution in [3.8, 4) is 0 Å². The summed E-state index contributed by atoms with van der Waals surface area (Å²) < 4.78 is 0. The van der Waals surface area contributed by atoms with E-state index in [1.54, 1.807) is 12.3 Å². The van der Waals surface area contributed by atoms with Gasteiger partial charge in [0.05, 0.1) is 12.5 Å². The summed E-state index contributed by atoms with van der Waals surface area (Å²) in [5.74, 6) is -0.529. The fraction of sp³-hybridized carbons (Fsp3) is 0.400. The van der Waals surface area contributed by atoms with Gasteiger partial charge in [-0.1, -0.05) is 0 Å². The van der Waals surface area contributed by atoms with E-state index >= 15 is 0 Å². The Kier molecular flexibility index (Phi) is 2.55. The van der Waals surface area contributed by atoms with Crippen LogP contribution >= 0.6 is 0 Å². The maximum Gasteiger partial charge on any atom is 0.319 e. The number of rotatable bonds is 1. The molecule has 2 aliphatic heterocycles. The molecule has 2 heterocycles. The van der Waals surface area contributed by atoms with Gasteiger partial charge in [0.1, 0.15) is 0 Å². The molecule has 1 unspecified atom stereocenters. The predicted molar refractivity (Wildman–Crippen MR) is 57.8 cm³/mol. The Hall–Kier alpha value is -1.98. The molecule has 5 N–H and O–H groups in total. The van der Waals surface area contributed by atoms with Crippen molar-refractivity contribution < 1.29 is 9.59 Å². The highest BCUT2D eigenvalue weighted by atomic mass is 16.2. The summed E-state index contributed by atoms with van der Waals surface area (Å²) in [7, 11) is 0. The first kappa shape index (κ1) is 10.5. The van der Waals surface area contributed by atoms with Crippen molar-refractivity contribution in [2.45, 2.75) is 6.42 Å². The summed E-state index contributed by atoms with van der Waals surface area (Å²) in [6.45, 7) is 0.979. The fourth-order valence-corrected chi connectivity index (χ4v) is 1.94. The Morgan fingerprint density at radius 3 is 2.81 bits per heavy atom. The number of primary amides is 2. The smallest absolute Gasteiger partial charge is 0.319 e. The number of urea groups is 1. The third-order valence-corrected chi connectivity index (χ3v) is 2.88. The van der Waals surface area contributed by atoms with Gasteiger partial charge in [0.15, 0.2) is 0 Å². The van der Waals surface area contributed by atoms with E-state index in [4.69, 9.17) is 11.5 Å². The van der Waals surface area contributed by atoms with Crippen LogP contribution in [0.5, 0.6) is 0 Å². The number of allylic oxidation sites excluding steroid dienone is 1. The lowest BCUT2D eigenvalue weighted by molar-refractivity contribution is -0.121. The first-order chi connectivity index (χ1) is 7.58. The first-order valence-corrected chi connectivity index (χ1v) is 5.07. The highest BCUT2D eigenvalue weighted by Gasteiger charge is 2.27. The van der Waals surface area contributed by atoms with Crippen molar-refractivity contribution in [2.75, 3.05) is 13.1 Å². The summed E-state index contributed by atoms with van der Waals surface area (Å²) in [6, 6.07) is -0.496. The zero-order chi connectivity index (χ0) is 11.7. The molecule has 0 spiro atoms. The van der Waals surface area contributed by atoms with Crippen molar-refractivity contribution in [3.63, 3.8) is 0 Å². The molecule has 0 aliphatic carbocycles. The molecule has 86 valence electrons. The molecule has 16 heavy (non-hydrogen) atoms. The molecule has 0 aromatic rings. The molecule has 2 aliphatic rings. The molecule has 0 bridgehead atoms. The molecule has 6 heteroatoms. The van der Waals surface area contributed by atoms with Gasteiger partial charge in [-0.3, -0.25) is 9.69 Å². The van der Waals surface area contributed by atoms with Gasteiger partial charge in [-0.15, -0.1) is 0 Å². The average molecular weight is 222 g/mol. The lowest BCUT2D eigenvalue weighted by Gasteiger charge is -2.31. The molecule has 0 fully saturated rings. The normalized spacial score (nSPS) is 23.8. The van der Waals surface area contributed by atoms with Gasteiger partial charge in [0, 0.05) is 18.4 Å². The van der Waals surface area contributed by atoms with Crippen LogP contribution in [0.15, 0.2) is 23.5 Å². The standard InChI is InChI=1S/C10H14N4O2/c11-9(15)6-3-7-5-14(10(12)16)2-1-8(7)13-4-6/h1-2,6,13H,3-5H2,(H2,11,15)(H2,12,16). The number of nitrogens with one attached hydrogen (secondary N) is 1. The number of nitrogens with zero attached hydrogens (tertiary/aromatic N) is 1. The highest BCUT2D eigenvalue weighted by molar-refractivity contribution is 5.78. The molecular formula is C10H14N4O2. The quantitative estimate of drug-likeness (QED) is 0.543. The Bertz CT molecular complexity index is 400. The summed E-state index contributed by atoms with van der Waals surface area (Å²) in [4.78, 5) is 23.5. The monoisotopic (exact) mass is 222 g/mol. The van der Waals surface area contributed by atoms with E-state index in [1.165, 1.54) is 4.90 Å². The van der Waals surface area contributed by atoms with Gasteiger partial charge < -0.3 is 16.8 Å². The summed E-state index contributed by atoms with van der Waals surface area (Å²) in [6.07, 6.45) is 4.02. The Morgan fingerprint density at radius 1 is 1.44 bits per heavy atom. The second-order valence-corrected chi connectivity index (χ2v) is 3.98. The van der Waals surface area contributed by atoms with Crippen LogP contribution in [0, 0.1) is 5.92 Å². The van der Waals surface area contributed by atoms with Crippen LogP contribution in [0.25, 0.3) is 0 Å². The maximum atomic E-state index is 11.1. The van der Waals surface area contributed by atoms with E-state index < -0.39 is 6.03 Å². The van der Waals surface area contributed by atoms with Crippen molar-refractivity contribution >= 4 is 11.9 Å². The molecule has 0 radical (unpaired) electrons. The van der Waals surface area contributed by atoms with E-state index in [-0.39, 0.29) is 11.8 Å². The average Bonchev–Trinajstić information content (AvgIpc) is 2.27. The lowest BCUT2D eigenvalue weighted by Crippen LogP contribution is -2.42. The molecule has 3 amide bonds. The van der Waals surface area contributed by atoms with Crippen molar-refractivity contribution in [2.24, 2.45) is 17.4 Å². The largest absolute Gasteiger partial charge is 0.384 e. The first-order valence-electron chi connectivity index (χ1n) is 5.07. The van der Waals surface area contributed by atoms with E-state index in [0.717, 1.165) is 11.3 Å². The molecule has 0 aromatic carbocycles. The molecule has 2 rings (SSSR count). The number of carbonyl (C=O) groups is 2. The van der Waals surface area contributed by atoms with E-state index in [0.29, 0.717) is 19.5 Å². The van der Waals surface area contributed by atoms with Crippen LogP contribution in [0.4, 0.5) is 4.79 Å². The van der Waals surface area contributed by atoms with Crippen LogP contribution in [0.2, 0.25) is 0 Å². The van der Waals surface area contributed by atoms with Gasteiger partial charge in [-0.2, -0.15) is 0 Å². The minimum atomic E-state index is -0.496. The van der Waals surface area contributed by atoms with E-state index in [1.807, 2.05) is 0 Å². The van der Waals surface area contributed by atoms with Crippen molar-refractivity contribution in [1.82, 2.24) is 10.2 Å². The number of nitrogens with two attached hydrogens (primary N) is 2. The van der Waals surface area contributed by atoms with E-state index in [2.05, 4.69) is 5.32 Å². The highest BCUT2D eigenvalue weighted by Crippen LogP contribution is 2.24. The zero-order valence-electron chi connectivity index (χ0n) is 8.77. The third kappa shape index (κ3) is 1.86. The van der Waals surface area contributed by atoms with Crippen molar-refractivity contribution in [3.05, 3.63) is 23.5 Å². The van der Waals surface area contributed by atoms with Gasteiger partial charge in [-0.05, 0) is 18.1 Å². The number of hydrogen-bond donors (Lipinski definition) is 3. The van der Waals surface area contributed by atoms with Gasteiger partial charge >= 0.3 is 6.03 Å². The SMILES string of the molecule is NC(=O)C1CNC2=C(C1)CN(C(N)=O)C=C2. The molecule has 0 saturated heterocycles. The zero-order valence-corrected chi connectivity index (χ0v) is 8.77. The fourth-order valence-electron chi connectivity index (χ4n) is 1.94. The second-order valence-electron chi connectivity index (χ2n) is 3.98. The second kappa shape index (κ2) is 3.88. The molecular weight excluding hydrogens is 208 g/mol. The molecule has 6 nitrogen and oxygen atoms in total. The van der Waals surface area contributed by atoms with Crippen LogP contribution in [-0.4, -0.2) is 29.9 Å². The summed E-state index contributed by atoms with van der Waals surface area (Å²) in [5.41, 5.74) is 12.4. The molecule has 0 aromatic heterocycles. The summed E-state index contributed by atoms with van der Waals surface area (Å²) >= 11 is 0. The Balaban J connectivity index is 2.13. The molecule has 0 saturated carbocycles. The van der Waals surface area contributed by atoms with Crippen LogP contribution in [0.1, 0.15) is 6.42 Å². The van der Waals surface area contributed by atoms with Crippen molar-refractivity contribution in [1.29, 1.82) is 0 Å². The topological polar surface area (TPSA) is 101 Å².